The second-order valence-corrected chi connectivity index (χ2v) is 9.10. The van der Waals surface area contributed by atoms with Crippen LogP contribution in [0.25, 0.3) is 0 Å². The van der Waals surface area contributed by atoms with Crippen molar-refractivity contribution in [2.75, 3.05) is 13.1 Å². The molecule has 1 unspecified atom stereocenters. The topological polar surface area (TPSA) is 86.4 Å². The number of likely N-dealkylation sites (tertiary alicyclic amines) is 1. The summed E-state index contributed by atoms with van der Waals surface area (Å²) < 4.78 is 0. The van der Waals surface area contributed by atoms with Crippen LogP contribution >= 0.6 is 11.3 Å². The summed E-state index contributed by atoms with van der Waals surface area (Å²) >= 11 is 1.44. The standard InChI is InChI=1S/C21H24N4O3S/c26-19-14-12-24(20(27)13-6-7-13)10-8-15(14)22-18(23-19)16-4-1-2-9-25(16)21(28)17-5-3-11-29-17/h3,5,11,13,16H,1-2,4,6-10,12H2,(H,22,23,26). The summed E-state index contributed by atoms with van der Waals surface area (Å²) in [6, 6.07) is 3.51. The molecule has 8 heteroatoms. The zero-order valence-corrected chi connectivity index (χ0v) is 17.0. The van der Waals surface area contributed by atoms with Gasteiger partial charge in [0.15, 0.2) is 0 Å². The van der Waals surface area contributed by atoms with Crippen molar-refractivity contribution < 1.29 is 9.59 Å². The Kier molecular flexibility index (Phi) is 4.73. The largest absolute Gasteiger partial charge is 0.337 e. The number of carbonyl (C=O) groups is 2. The quantitative estimate of drug-likeness (QED) is 0.839. The minimum Gasteiger partial charge on any atom is -0.337 e. The van der Waals surface area contributed by atoms with Crippen molar-refractivity contribution in [3.63, 3.8) is 0 Å². The third kappa shape index (κ3) is 3.50. The number of aromatic nitrogens is 2. The van der Waals surface area contributed by atoms with E-state index in [-0.39, 0.29) is 29.3 Å². The molecule has 0 spiro atoms. The summed E-state index contributed by atoms with van der Waals surface area (Å²) in [5.74, 6) is 0.910. The van der Waals surface area contributed by atoms with Crippen LogP contribution in [0.15, 0.2) is 22.3 Å². The van der Waals surface area contributed by atoms with E-state index in [9.17, 15) is 14.4 Å². The SMILES string of the molecule is O=C(C1CC1)N1CCc2nc(C3CCCCN3C(=O)c3cccs3)[nH]c(=O)c2C1. The van der Waals surface area contributed by atoms with Crippen molar-refractivity contribution in [2.24, 2.45) is 5.92 Å². The number of piperidine rings is 1. The number of aromatic amines is 1. The zero-order chi connectivity index (χ0) is 20.0. The van der Waals surface area contributed by atoms with Crippen LogP contribution in [0.1, 0.15) is 64.9 Å². The minimum absolute atomic E-state index is 0.00581. The number of fused-ring (bicyclic) bond motifs is 1. The fourth-order valence-electron chi connectivity index (χ4n) is 4.38. The van der Waals surface area contributed by atoms with Crippen LogP contribution in [-0.4, -0.2) is 44.7 Å². The first-order valence-corrected chi connectivity index (χ1v) is 11.2. The van der Waals surface area contributed by atoms with E-state index >= 15 is 0 Å². The first-order chi connectivity index (χ1) is 14.1. The molecule has 1 aliphatic carbocycles. The smallest absolute Gasteiger partial charge is 0.264 e. The molecule has 1 N–H and O–H groups in total. The lowest BCUT2D eigenvalue weighted by atomic mass is 10.00. The molecule has 3 aliphatic rings. The molecule has 0 radical (unpaired) electrons. The maximum Gasteiger partial charge on any atom is 0.264 e. The number of carbonyl (C=O) groups excluding carboxylic acids is 2. The number of hydrogen-bond donors (Lipinski definition) is 1. The Balaban J connectivity index is 1.42. The minimum atomic E-state index is -0.206. The van der Waals surface area contributed by atoms with Gasteiger partial charge in [-0.15, -0.1) is 11.3 Å². The van der Waals surface area contributed by atoms with Gasteiger partial charge < -0.3 is 14.8 Å². The van der Waals surface area contributed by atoms with E-state index in [2.05, 4.69) is 4.98 Å². The van der Waals surface area contributed by atoms with Crippen LogP contribution in [0.3, 0.4) is 0 Å². The molecule has 2 fully saturated rings. The molecule has 2 aliphatic heterocycles. The van der Waals surface area contributed by atoms with Crippen LogP contribution in [0.4, 0.5) is 0 Å². The molecule has 2 aromatic rings. The Morgan fingerprint density at radius 1 is 1.17 bits per heavy atom. The summed E-state index contributed by atoms with van der Waals surface area (Å²) in [4.78, 5) is 50.3. The van der Waals surface area contributed by atoms with Crippen molar-refractivity contribution in [2.45, 2.75) is 51.1 Å². The zero-order valence-electron chi connectivity index (χ0n) is 16.2. The number of nitrogens with zero attached hydrogens (tertiary/aromatic N) is 3. The lowest BCUT2D eigenvalue weighted by molar-refractivity contribution is -0.133. The summed E-state index contributed by atoms with van der Waals surface area (Å²) in [6.07, 6.45) is 5.28. The molecule has 2 aromatic heterocycles. The van der Waals surface area contributed by atoms with E-state index in [1.54, 1.807) is 4.90 Å². The van der Waals surface area contributed by atoms with Crippen molar-refractivity contribution in [3.05, 3.63) is 49.8 Å². The fourth-order valence-corrected chi connectivity index (χ4v) is 5.06. The number of thiophene rings is 1. The van der Waals surface area contributed by atoms with Gasteiger partial charge in [-0.3, -0.25) is 14.4 Å². The monoisotopic (exact) mass is 412 g/mol. The van der Waals surface area contributed by atoms with Gasteiger partial charge in [0.2, 0.25) is 5.91 Å². The molecule has 1 saturated heterocycles. The molecule has 1 atom stereocenters. The normalized spacial score (nSPS) is 21.7. The van der Waals surface area contributed by atoms with Crippen molar-refractivity contribution >= 4 is 23.2 Å². The summed E-state index contributed by atoms with van der Waals surface area (Å²) in [5, 5.41) is 1.90. The average Bonchev–Trinajstić information content (AvgIpc) is 3.46. The van der Waals surface area contributed by atoms with Crippen LogP contribution in [0.2, 0.25) is 0 Å². The Hall–Kier alpha value is -2.48. The number of nitrogens with one attached hydrogen (secondary N) is 1. The predicted octanol–water partition coefficient (Wildman–Crippen LogP) is 2.49. The van der Waals surface area contributed by atoms with Crippen molar-refractivity contribution in [3.8, 4) is 0 Å². The molecular weight excluding hydrogens is 388 g/mol. The number of hydrogen-bond acceptors (Lipinski definition) is 5. The van der Waals surface area contributed by atoms with Gasteiger partial charge in [-0.2, -0.15) is 0 Å². The number of rotatable bonds is 3. The first-order valence-electron chi connectivity index (χ1n) is 10.4. The highest BCUT2D eigenvalue weighted by Crippen LogP contribution is 2.33. The van der Waals surface area contributed by atoms with E-state index in [1.807, 2.05) is 22.4 Å². The highest BCUT2D eigenvalue weighted by atomic mass is 32.1. The Morgan fingerprint density at radius 2 is 2.03 bits per heavy atom. The van der Waals surface area contributed by atoms with Gasteiger partial charge in [0.1, 0.15) is 5.82 Å². The number of H-pyrrole nitrogens is 1. The van der Waals surface area contributed by atoms with E-state index in [4.69, 9.17) is 4.98 Å². The Morgan fingerprint density at radius 3 is 2.79 bits per heavy atom. The molecule has 4 heterocycles. The highest BCUT2D eigenvalue weighted by Gasteiger charge is 2.36. The molecule has 29 heavy (non-hydrogen) atoms. The maximum atomic E-state index is 13.0. The fraction of sp³-hybridized carbons (Fsp3) is 0.524. The van der Waals surface area contributed by atoms with Gasteiger partial charge in [0, 0.05) is 25.4 Å². The molecule has 5 rings (SSSR count). The van der Waals surface area contributed by atoms with Gasteiger partial charge >= 0.3 is 0 Å². The van der Waals surface area contributed by atoms with Gasteiger partial charge in [0.25, 0.3) is 11.5 Å². The average molecular weight is 413 g/mol. The summed E-state index contributed by atoms with van der Waals surface area (Å²) in [6.45, 7) is 1.63. The van der Waals surface area contributed by atoms with Gasteiger partial charge in [-0.1, -0.05) is 6.07 Å². The highest BCUT2D eigenvalue weighted by molar-refractivity contribution is 7.12. The van der Waals surface area contributed by atoms with E-state index < -0.39 is 0 Å². The van der Waals surface area contributed by atoms with Gasteiger partial charge in [-0.25, -0.2) is 4.98 Å². The predicted molar refractivity (Wildman–Crippen MR) is 109 cm³/mol. The molecule has 2 amide bonds. The Labute approximate surface area is 172 Å². The molecular formula is C21H24N4O3S. The Bertz CT molecular complexity index is 996. The van der Waals surface area contributed by atoms with Crippen LogP contribution < -0.4 is 5.56 Å². The molecule has 152 valence electrons. The number of amides is 2. The van der Waals surface area contributed by atoms with Crippen LogP contribution in [0, 0.1) is 5.92 Å². The summed E-state index contributed by atoms with van der Waals surface area (Å²) in [5.41, 5.74) is 1.20. The second-order valence-electron chi connectivity index (χ2n) is 8.15. The summed E-state index contributed by atoms with van der Waals surface area (Å²) in [7, 11) is 0. The maximum absolute atomic E-state index is 13.0. The van der Waals surface area contributed by atoms with E-state index in [1.165, 1.54) is 11.3 Å². The third-order valence-corrected chi connectivity index (χ3v) is 6.99. The van der Waals surface area contributed by atoms with E-state index in [0.29, 0.717) is 42.3 Å². The van der Waals surface area contributed by atoms with Crippen molar-refractivity contribution in [1.82, 2.24) is 19.8 Å². The first kappa shape index (κ1) is 18.5. The lowest BCUT2D eigenvalue weighted by Crippen LogP contribution is -2.42. The second kappa shape index (κ2) is 7.40. The van der Waals surface area contributed by atoms with Crippen molar-refractivity contribution in [1.29, 1.82) is 0 Å². The van der Waals surface area contributed by atoms with Crippen LogP contribution in [0.5, 0.6) is 0 Å². The van der Waals surface area contributed by atoms with Gasteiger partial charge in [-0.05, 0) is 43.6 Å². The van der Waals surface area contributed by atoms with Crippen LogP contribution in [-0.2, 0) is 17.8 Å². The van der Waals surface area contributed by atoms with E-state index in [0.717, 1.165) is 37.8 Å². The molecule has 7 nitrogen and oxygen atoms in total. The molecule has 1 saturated carbocycles. The molecule has 0 aromatic carbocycles. The molecule has 0 bridgehead atoms. The van der Waals surface area contributed by atoms with Gasteiger partial charge in [0.05, 0.1) is 28.7 Å². The lowest BCUT2D eigenvalue weighted by Gasteiger charge is -2.35. The third-order valence-electron chi connectivity index (χ3n) is 6.14.